The van der Waals surface area contributed by atoms with Crippen LogP contribution in [0.1, 0.15) is 18.9 Å². The van der Waals surface area contributed by atoms with Crippen LogP contribution in [-0.4, -0.2) is 24.1 Å². The van der Waals surface area contributed by atoms with Gasteiger partial charge in [-0.3, -0.25) is 10.1 Å². The molecule has 1 aromatic rings. The number of nitro groups is 1. The number of nitrogens with one attached hydrogen (secondary N) is 1. The van der Waals surface area contributed by atoms with Crippen molar-refractivity contribution in [2.75, 3.05) is 13.1 Å². The van der Waals surface area contributed by atoms with Crippen LogP contribution in [0.3, 0.4) is 0 Å². The molecular weight excluding hydrogens is 312 g/mol. The maximum atomic E-state index is 10.9. The Balaban J connectivity index is 2.21. The molecule has 2 unspecified atom stereocenters. The first-order valence-electron chi connectivity index (χ1n) is 6.31. The minimum atomic E-state index is -0.380. The van der Waals surface area contributed by atoms with Gasteiger partial charge in [0.1, 0.15) is 11.9 Å². The SMILES string of the molecule is Cc1cc(OC2CNCCC2C)c(Br)cc1[N+](=O)[O-]. The molecule has 0 aromatic heterocycles. The maximum Gasteiger partial charge on any atom is 0.273 e. The maximum absolute atomic E-state index is 10.9. The van der Waals surface area contributed by atoms with Gasteiger partial charge < -0.3 is 10.1 Å². The van der Waals surface area contributed by atoms with Crippen LogP contribution in [0.25, 0.3) is 0 Å². The summed E-state index contributed by atoms with van der Waals surface area (Å²) in [5, 5.41) is 14.2. The first kappa shape index (κ1) is 14.3. The van der Waals surface area contributed by atoms with Gasteiger partial charge in [-0.1, -0.05) is 6.92 Å². The molecular formula is C13H17BrN2O3. The Labute approximate surface area is 120 Å². The summed E-state index contributed by atoms with van der Waals surface area (Å²) in [4.78, 5) is 10.5. The fourth-order valence-electron chi connectivity index (χ4n) is 2.21. The zero-order chi connectivity index (χ0) is 14.0. The molecule has 0 radical (unpaired) electrons. The molecule has 0 aliphatic carbocycles. The van der Waals surface area contributed by atoms with Gasteiger partial charge in [0.15, 0.2) is 0 Å². The average Bonchev–Trinajstić information content (AvgIpc) is 2.35. The Hall–Kier alpha value is -1.14. The number of piperidine rings is 1. The number of nitro benzene ring substituents is 1. The number of benzene rings is 1. The fraction of sp³-hybridized carbons (Fsp3) is 0.538. The molecule has 0 spiro atoms. The van der Waals surface area contributed by atoms with Crippen molar-refractivity contribution >= 4 is 21.6 Å². The molecule has 1 N–H and O–H groups in total. The van der Waals surface area contributed by atoms with Crippen LogP contribution < -0.4 is 10.1 Å². The largest absolute Gasteiger partial charge is 0.488 e. The molecule has 1 aliphatic heterocycles. The van der Waals surface area contributed by atoms with Crippen LogP contribution in [0, 0.1) is 23.0 Å². The first-order valence-corrected chi connectivity index (χ1v) is 7.10. The summed E-state index contributed by atoms with van der Waals surface area (Å²) in [6.07, 6.45) is 1.18. The molecule has 1 aliphatic rings. The van der Waals surface area contributed by atoms with E-state index in [1.807, 2.05) is 0 Å². The van der Waals surface area contributed by atoms with E-state index in [1.165, 1.54) is 6.07 Å². The standard InChI is InChI=1S/C13H17BrN2O3/c1-8-3-4-15-7-13(8)19-12-5-9(2)11(16(17)18)6-10(12)14/h5-6,8,13,15H,3-4,7H2,1-2H3. The molecule has 1 fully saturated rings. The molecule has 2 rings (SSSR count). The lowest BCUT2D eigenvalue weighted by molar-refractivity contribution is -0.385. The van der Waals surface area contributed by atoms with E-state index in [1.54, 1.807) is 13.0 Å². The third-order valence-electron chi connectivity index (χ3n) is 3.48. The molecule has 0 saturated carbocycles. The highest BCUT2D eigenvalue weighted by Crippen LogP contribution is 2.34. The lowest BCUT2D eigenvalue weighted by Crippen LogP contribution is -2.42. The van der Waals surface area contributed by atoms with Gasteiger partial charge in [-0.05, 0) is 47.8 Å². The second kappa shape index (κ2) is 5.88. The van der Waals surface area contributed by atoms with Gasteiger partial charge in [0.2, 0.25) is 0 Å². The van der Waals surface area contributed by atoms with Crippen LogP contribution in [0.15, 0.2) is 16.6 Å². The summed E-state index contributed by atoms with van der Waals surface area (Å²) in [5.74, 6) is 1.15. The molecule has 0 amide bonds. The van der Waals surface area contributed by atoms with Gasteiger partial charge in [-0.25, -0.2) is 0 Å². The number of rotatable bonds is 3. The molecule has 6 heteroatoms. The van der Waals surface area contributed by atoms with E-state index in [9.17, 15) is 10.1 Å². The Kier molecular flexibility index (Phi) is 4.42. The van der Waals surface area contributed by atoms with Crippen molar-refractivity contribution in [1.82, 2.24) is 5.32 Å². The van der Waals surface area contributed by atoms with Gasteiger partial charge >= 0.3 is 0 Å². The third kappa shape index (κ3) is 3.25. The van der Waals surface area contributed by atoms with Crippen molar-refractivity contribution < 1.29 is 9.66 Å². The second-order valence-electron chi connectivity index (χ2n) is 4.95. The summed E-state index contributed by atoms with van der Waals surface area (Å²) in [7, 11) is 0. The van der Waals surface area contributed by atoms with Crippen LogP contribution >= 0.6 is 15.9 Å². The molecule has 1 saturated heterocycles. The van der Waals surface area contributed by atoms with Crippen molar-refractivity contribution in [3.63, 3.8) is 0 Å². The molecule has 2 atom stereocenters. The van der Waals surface area contributed by atoms with Gasteiger partial charge in [0, 0.05) is 18.2 Å². The van der Waals surface area contributed by atoms with Gasteiger partial charge in [0.05, 0.1) is 9.40 Å². The third-order valence-corrected chi connectivity index (χ3v) is 4.10. The highest BCUT2D eigenvalue weighted by molar-refractivity contribution is 9.10. The lowest BCUT2D eigenvalue weighted by atomic mass is 9.97. The van der Waals surface area contributed by atoms with E-state index in [0.717, 1.165) is 19.5 Å². The first-order chi connectivity index (χ1) is 8.99. The smallest absolute Gasteiger partial charge is 0.273 e. The number of hydrogen-bond acceptors (Lipinski definition) is 4. The molecule has 19 heavy (non-hydrogen) atoms. The Bertz CT molecular complexity index is 493. The minimum Gasteiger partial charge on any atom is -0.488 e. The van der Waals surface area contributed by atoms with E-state index in [4.69, 9.17) is 4.74 Å². The van der Waals surface area contributed by atoms with Crippen LogP contribution in [0.2, 0.25) is 0 Å². The monoisotopic (exact) mass is 328 g/mol. The van der Waals surface area contributed by atoms with Crippen molar-refractivity contribution in [1.29, 1.82) is 0 Å². The van der Waals surface area contributed by atoms with Crippen LogP contribution in [0.5, 0.6) is 5.75 Å². The Morgan fingerprint density at radius 2 is 2.26 bits per heavy atom. The predicted octanol–water partition coefficient (Wildman–Crippen LogP) is 3.04. The van der Waals surface area contributed by atoms with Gasteiger partial charge in [-0.15, -0.1) is 0 Å². The highest BCUT2D eigenvalue weighted by Gasteiger charge is 2.24. The van der Waals surface area contributed by atoms with Crippen LogP contribution in [0.4, 0.5) is 5.69 Å². The summed E-state index contributed by atoms with van der Waals surface area (Å²) < 4.78 is 6.61. The topological polar surface area (TPSA) is 64.4 Å². The normalized spacial score (nSPS) is 23.1. The zero-order valence-corrected chi connectivity index (χ0v) is 12.6. The molecule has 104 valence electrons. The summed E-state index contributed by atoms with van der Waals surface area (Å²) in [6, 6.07) is 3.23. The van der Waals surface area contributed by atoms with Crippen molar-refractivity contribution in [3.05, 3.63) is 32.3 Å². The van der Waals surface area contributed by atoms with E-state index in [-0.39, 0.29) is 16.7 Å². The summed E-state index contributed by atoms with van der Waals surface area (Å²) >= 11 is 3.35. The molecule has 0 bridgehead atoms. The average molecular weight is 329 g/mol. The van der Waals surface area contributed by atoms with Crippen molar-refractivity contribution in [2.45, 2.75) is 26.4 Å². The molecule has 1 heterocycles. The summed E-state index contributed by atoms with van der Waals surface area (Å²) in [6.45, 7) is 5.71. The number of aryl methyl sites for hydroxylation is 1. The van der Waals surface area contributed by atoms with Crippen molar-refractivity contribution in [3.8, 4) is 5.75 Å². The van der Waals surface area contributed by atoms with Crippen molar-refractivity contribution in [2.24, 2.45) is 5.92 Å². The number of halogens is 1. The Morgan fingerprint density at radius 3 is 2.89 bits per heavy atom. The minimum absolute atomic E-state index is 0.103. The second-order valence-corrected chi connectivity index (χ2v) is 5.81. The number of ether oxygens (including phenoxy) is 1. The van der Waals surface area contributed by atoms with E-state index in [2.05, 4.69) is 28.2 Å². The van der Waals surface area contributed by atoms with E-state index >= 15 is 0 Å². The lowest BCUT2D eigenvalue weighted by Gasteiger charge is -2.30. The van der Waals surface area contributed by atoms with Crippen LogP contribution in [-0.2, 0) is 0 Å². The van der Waals surface area contributed by atoms with Gasteiger partial charge in [-0.2, -0.15) is 0 Å². The van der Waals surface area contributed by atoms with E-state index in [0.29, 0.717) is 21.7 Å². The predicted molar refractivity (Wildman–Crippen MR) is 76.6 cm³/mol. The molecule has 1 aromatic carbocycles. The highest BCUT2D eigenvalue weighted by atomic mass is 79.9. The Morgan fingerprint density at radius 1 is 1.53 bits per heavy atom. The fourth-order valence-corrected chi connectivity index (χ4v) is 2.64. The molecule has 5 nitrogen and oxygen atoms in total. The zero-order valence-electron chi connectivity index (χ0n) is 11.0. The summed E-state index contributed by atoms with van der Waals surface area (Å²) in [5.41, 5.74) is 0.716. The quantitative estimate of drug-likeness (QED) is 0.684. The van der Waals surface area contributed by atoms with Gasteiger partial charge in [0.25, 0.3) is 5.69 Å². The van der Waals surface area contributed by atoms with E-state index < -0.39 is 0 Å². The number of nitrogens with zero attached hydrogens (tertiary/aromatic N) is 1. The number of hydrogen-bond donors (Lipinski definition) is 1.